The molecule has 1 saturated heterocycles. The van der Waals surface area contributed by atoms with Crippen LogP contribution in [0.4, 0.5) is 5.69 Å². The molecule has 0 spiro atoms. The second-order valence-corrected chi connectivity index (χ2v) is 6.88. The van der Waals surface area contributed by atoms with Crippen molar-refractivity contribution in [3.05, 3.63) is 29.8 Å². The maximum absolute atomic E-state index is 12.7. The van der Waals surface area contributed by atoms with E-state index in [1.54, 1.807) is 7.11 Å². The Hall–Kier alpha value is -1.96. The number of carbonyl (C=O) groups is 2. The number of carbonyl (C=O) groups excluding carboxylic acids is 2. The molecule has 0 aromatic heterocycles. The highest BCUT2D eigenvalue weighted by Crippen LogP contribution is 2.27. The van der Waals surface area contributed by atoms with Gasteiger partial charge in [0.2, 0.25) is 11.8 Å². The van der Waals surface area contributed by atoms with Gasteiger partial charge in [-0.2, -0.15) is 0 Å². The van der Waals surface area contributed by atoms with Crippen molar-refractivity contribution in [1.82, 2.24) is 9.80 Å². The lowest BCUT2D eigenvalue weighted by molar-refractivity contribution is -0.135. The maximum Gasteiger partial charge on any atom is 0.241 e. The van der Waals surface area contributed by atoms with Crippen LogP contribution in [0.5, 0.6) is 0 Å². The van der Waals surface area contributed by atoms with E-state index in [-0.39, 0.29) is 17.9 Å². The summed E-state index contributed by atoms with van der Waals surface area (Å²) in [5, 5.41) is 0. The van der Waals surface area contributed by atoms with Crippen molar-refractivity contribution in [2.24, 2.45) is 5.73 Å². The summed E-state index contributed by atoms with van der Waals surface area (Å²) >= 11 is 0. The minimum atomic E-state index is -0.225. The third-order valence-corrected chi connectivity index (χ3v) is 5.27. The molecule has 1 unspecified atom stereocenters. The molecule has 3 rings (SSSR count). The molecule has 7 heteroatoms. The molecule has 2 heterocycles. The van der Waals surface area contributed by atoms with Crippen LogP contribution in [-0.4, -0.2) is 80.6 Å². The first-order valence-electron chi connectivity index (χ1n) is 9.23. The fraction of sp³-hybridized carbons (Fsp3) is 0.579. The standard InChI is InChI=1S/C19H28N4O3/c1-26-16(13-20)12-18(24)22-10-8-21(9-11-22)14-19(25)23-7-6-15-4-2-3-5-17(15)23/h2-5,16H,6-14,20H2,1H3. The van der Waals surface area contributed by atoms with Crippen molar-refractivity contribution in [3.8, 4) is 0 Å². The molecule has 0 saturated carbocycles. The third-order valence-electron chi connectivity index (χ3n) is 5.27. The van der Waals surface area contributed by atoms with Crippen molar-refractivity contribution in [2.45, 2.75) is 18.9 Å². The van der Waals surface area contributed by atoms with E-state index >= 15 is 0 Å². The van der Waals surface area contributed by atoms with Gasteiger partial charge in [-0.25, -0.2) is 0 Å². The highest BCUT2D eigenvalue weighted by molar-refractivity contribution is 5.96. The molecular formula is C19H28N4O3. The molecule has 26 heavy (non-hydrogen) atoms. The molecule has 1 atom stereocenters. The molecular weight excluding hydrogens is 332 g/mol. The zero-order chi connectivity index (χ0) is 18.5. The van der Waals surface area contributed by atoms with Crippen molar-refractivity contribution in [2.75, 3.05) is 57.8 Å². The van der Waals surface area contributed by atoms with Gasteiger partial charge >= 0.3 is 0 Å². The number of ether oxygens (including phenoxy) is 1. The predicted molar refractivity (Wildman–Crippen MR) is 100.0 cm³/mol. The fourth-order valence-corrected chi connectivity index (χ4v) is 3.62. The van der Waals surface area contributed by atoms with Gasteiger partial charge in [-0.05, 0) is 18.1 Å². The van der Waals surface area contributed by atoms with E-state index in [0.717, 1.165) is 18.7 Å². The molecule has 142 valence electrons. The van der Waals surface area contributed by atoms with Crippen molar-refractivity contribution < 1.29 is 14.3 Å². The Labute approximate surface area is 154 Å². The van der Waals surface area contributed by atoms with Crippen LogP contribution in [0.25, 0.3) is 0 Å². The summed E-state index contributed by atoms with van der Waals surface area (Å²) in [5.74, 6) is 0.207. The van der Waals surface area contributed by atoms with Crippen molar-refractivity contribution in [1.29, 1.82) is 0 Å². The number of rotatable bonds is 6. The fourth-order valence-electron chi connectivity index (χ4n) is 3.62. The molecule has 0 aliphatic carbocycles. The Morgan fingerprint density at radius 2 is 1.85 bits per heavy atom. The van der Waals surface area contributed by atoms with E-state index < -0.39 is 0 Å². The number of nitrogens with zero attached hydrogens (tertiary/aromatic N) is 3. The van der Waals surface area contributed by atoms with E-state index in [9.17, 15) is 9.59 Å². The quantitative estimate of drug-likeness (QED) is 0.777. The van der Waals surface area contributed by atoms with Crippen LogP contribution in [0.2, 0.25) is 0 Å². The average molecular weight is 360 g/mol. The van der Waals surface area contributed by atoms with Crippen LogP contribution in [-0.2, 0) is 20.7 Å². The zero-order valence-electron chi connectivity index (χ0n) is 15.4. The molecule has 1 aromatic rings. The van der Waals surface area contributed by atoms with Gasteiger partial charge in [0.25, 0.3) is 0 Å². The van der Waals surface area contributed by atoms with Crippen LogP contribution in [0, 0.1) is 0 Å². The summed E-state index contributed by atoms with van der Waals surface area (Å²) in [6.07, 6.45) is 1.01. The first-order chi connectivity index (χ1) is 12.6. The average Bonchev–Trinajstić information content (AvgIpc) is 3.10. The molecule has 1 fully saturated rings. The molecule has 1 aromatic carbocycles. The number of benzene rings is 1. The first-order valence-corrected chi connectivity index (χ1v) is 9.23. The molecule has 0 bridgehead atoms. The molecule has 2 N–H and O–H groups in total. The summed E-state index contributed by atoms with van der Waals surface area (Å²) in [4.78, 5) is 30.8. The van der Waals surface area contributed by atoms with Gasteiger partial charge in [0.15, 0.2) is 0 Å². The predicted octanol–water partition coefficient (Wildman–Crippen LogP) is 0.0837. The number of hydrogen-bond donors (Lipinski definition) is 1. The van der Waals surface area contributed by atoms with Gasteiger partial charge in [-0.1, -0.05) is 18.2 Å². The number of piperazine rings is 1. The summed E-state index contributed by atoms with van der Waals surface area (Å²) in [5.41, 5.74) is 7.87. The van der Waals surface area contributed by atoms with E-state index in [2.05, 4.69) is 11.0 Å². The number of para-hydroxylation sites is 1. The lowest BCUT2D eigenvalue weighted by atomic mass is 10.2. The Bertz CT molecular complexity index is 639. The normalized spacial score (nSPS) is 18.7. The van der Waals surface area contributed by atoms with E-state index in [4.69, 9.17) is 10.5 Å². The number of nitrogens with two attached hydrogens (primary N) is 1. The van der Waals surface area contributed by atoms with Crippen LogP contribution >= 0.6 is 0 Å². The summed E-state index contributed by atoms with van der Waals surface area (Å²) in [6, 6.07) is 8.09. The Morgan fingerprint density at radius 1 is 1.12 bits per heavy atom. The Balaban J connectivity index is 1.47. The highest BCUT2D eigenvalue weighted by atomic mass is 16.5. The number of fused-ring (bicyclic) bond motifs is 1. The minimum Gasteiger partial charge on any atom is -0.380 e. The number of hydrogen-bond acceptors (Lipinski definition) is 5. The van der Waals surface area contributed by atoms with Crippen LogP contribution in [0.15, 0.2) is 24.3 Å². The first kappa shape index (κ1) is 18.8. The Morgan fingerprint density at radius 3 is 2.54 bits per heavy atom. The largest absolute Gasteiger partial charge is 0.380 e. The van der Waals surface area contributed by atoms with Gasteiger partial charge in [0.05, 0.1) is 19.1 Å². The lowest BCUT2D eigenvalue weighted by Gasteiger charge is -2.35. The minimum absolute atomic E-state index is 0.0711. The summed E-state index contributed by atoms with van der Waals surface area (Å²) in [6.45, 7) is 4.22. The maximum atomic E-state index is 12.7. The monoisotopic (exact) mass is 360 g/mol. The molecule has 7 nitrogen and oxygen atoms in total. The molecule has 2 aliphatic rings. The van der Waals surface area contributed by atoms with Gasteiger partial charge in [-0.15, -0.1) is 0 Å². The third kappa shape index (κ3) is 4.23. The highest BCUT2D eigenvalue weighted by Gasteiger charge is 2.28. The van der Waals surface area contributed by atoms with Crippen LogP contribution in [0.3, 0.4) is 0 Å². The van der Waals surface area contributed by atoms with Gasteiger partial charge < -0.3 is 20.3 Å². The Kier molecular flexibility index (Phi) is 6.24. The smallest absolute Gasteiger partial charge is 0.241 e. The second kappa shape index (κ2) is 8.62. The second-order valence-electron chi connectivity index (χ2n) is 6.88. The van der Waals surface area contributed by atoms with Gasteiger partial charge in [0, 0.05) is 52.1 Å². The summed E-state index contributed by atoms with van der Waals surface area (Å²) < 4.78 is 5.19. The number of anilines is 1. The summed E-state index contributed by atoms with van der Waals surface area (Å²) in [7, 11) is 1.57. The number of methoxy groups -OCH3 is 1. The lowest BCUT2D eigenvalue weighted by Crippen LogP contribution is -2.52. The topological polar surface area (TPSA) is 79.1 Å². The van der Waals surface area contributed by atoms with Crippen molar-refractivity contribution in [3.63, 3.8) is 0 Å². The van der Waals surface area contributed by atoms with Crippen LogP contribution < -0.4 is 10.6 Å². The zero-order valence-corrected chi connectivity index (χ0v) is 15.4. The SMILES string of the molecule is COC(CN)CC(=O)N1CCN(CC(=O)N2CCc3ccccc32)CC1. The van der Waals surface area contributed by atoms with E-state index in [1.165, 1.54) is 5.56 Å². The van der Waals surface area contributed by atoms with E-state index in [1.807, 2.05) is 28.0 Å². The van der Waals surface area contributed by atoms with Crippen molar-refractivity contribution >= 4 is 17.5 Å². The van der Waals surface area contributed by atoms with Gasteiger partial charge in [0.1, 0.15) is 0 Å². The van der Waals surface area contributed by atoms with Crippen LogP contribution in [0.1, 0.15) is 12.0 Å². The molecule has 2 amide bonds. The molecule has 0 radical (unpaired) electrons. The van der Waals surface area contributed by atoms with E-state index in [0.29, 0.717) is 45.7 Å². The number of amides is 2. The van der Waals surface area contributed by atoms with Gasteiger partial charge in [-0.3, -0.25) is 14.5 Å². The molecule has 2 aliphatic heterocycles.